The molecule has 2 heterocycles. The second-order valence-electron chi connectivity index (χ2n) is 5.19. The fourth-order valence-electron chi connectivity index (χ4n) is 2.56. The smallest absolute Gasteiger partial charge is 0.0931 e. The summed E-state index contributed by atoms with van der Waals surface area (Å²) in [5.41, 5.74) is 0. The summed E-state index contributed by atoms with van der Waals surface area (Å²) in [6, 6.07) is 5.42. The van der Waals surface area contributed by atoms with Crippen molar-refractivity contribution in [3.05, 3.63) is 21.3 Å². The molecule has 0 amide bonds. The van der Waals surface area contributed by atoms with E-state index < -0.39 is 0 Å². The predicted octanol–water partition coefficient (Wildman–Crippen LogP) is 3.45. The van der Waals surface area contributed by atoms with Crippen LogP contribution in [0.25, 0.3) is 0 Å². The molecule has 0 aromatic carbocycles. The van der Waals surface area contributed by atoms with Gasteiger partial charge in [0.1, 0.15) is 0 Å². The summed E-state index contributed by atoms with van der Waals surface area (Å²) in [6.07, 6.45) is 6.40. The molecule has 0 saturated carbocycles. The summed E-state index contributed by atoms with van der Waals surface area (Å²) in [6.45, 7) is 4.54. The first-order valence-corrected chi connectivity index (χ1v) is 8.14. The zero-order valence-electron chi connectivity index (χ0n) is 11.0. The van der Waals surface area contributed by atoms with Crippen LogP contribution >= 0.6 is 22.9 Å². The largest absolute Gasteiger partial charge is 0.314 e. The van der Waals surface area contributed by atoms with E-state index in [-0.39, 0.29) is 0 Å². The zero-order valence-corrected chi connectivity index (χ0v) is 12.6. The Bertz CT molecular complexity index is 347. The third-order valence-corrected chi connectivity index (χ3v) is 4.83. The van der Waals surface area contributed by atoms with Crippen LogP contribution in [0.5, 0.6) is 0 Å². The summed E-state index contributed by atoms with van der Waals surface area (Å²) in [5, 5.41) is 7.22. The van der Waals surface area contributed by atoms with Crippen molar-refractivity contribution in [2.75, 3.05) is 13.1 Å². The number of thiophene rings is 1. The summed E-state index contributed by atoms with van der Waals surface area (Å²) >= 11 is 7.61. The lowest BCUT2D eigenvalue weighted by molar-refractivity contribution is 0.346. The van der Waals surface area contributed by atoms with Gasteiger partial charge in [0.2, 0.25) is 0 Å². The van der Waals surface area contributed by atoms with Crippen molar-refractivity contribution >= 4 is 22.9 Å². The van der Waals surface area contributed by atoms with E-state index in [0.717, 1.165) is 23.3 Å². The van der Waals surface area contributed by atoms with Gasteiger partial charge in [-0.1, -0.05) is 18.0 Å². The highest BCUT2D eigenvalue weighted by Crippen LogP contribution is 2.21. The van der Waals surface area contributed by atoms with Crippen LogP contribution in [0.1, 0.15) is 37.5 Å². The van der Waals surface area contributed by atoms with Gasteiger partial charge in [0, 0.05) is 23.5 Å². The molecule has 2 rings (SSSR count). The third-order valence-electron chi connectivity index (χ3n) is 3.54. The number of hydrogen-bond acceptors (Lipinski definition) is 3. The monoisotopic (exact) mass is 286 g/mol. The summed E-state index contributed by atoms with van der Waals surface area (Å²) < 4.78 is 0.893. The Labute approximate surface area is 119 Å². The van der Waals surface area contributed by atoms with Crippen LogP contribution in [0.2, 0.25) is 4.34 Å². The maximum Gasteiger partial charge on any atom is 0.0931 e. The summed E-state index contributed by atoms with van der Waals surface area (Å²) in [5.74, 6) is 0. The minimum atomic E-state index is 0.594. The second kappa shape index (κ2) is 7.49. The highest BCUT2D eigenvalue weighted by molar-refractivity contribution is 7.16. The van der Waals surface area contributed by atoms with Gasteiger partial charge in [-0.25, -0.2) is 0 Å². The number of nitrogens with one attached hydrogen (secondary N) is 2. The Kier molecular flexibility index (Phi) is 5.96. The minimum Gasteiger partial charge on any atom is -0.314 e. The molecule has 4 heteroatoms. The van der Waals surface area contributed by atoms with E-state index in [9.17, 15) is 0 Å². The quantitative estimate of drug-likeness (QED) is 0.837. The van der Waals surface area contributed by atoms with Gasteiger partial charge >= 0.3 is 0 Å². The molecular weight excluding hydrogens is 264 g/mol. The topological polar surface area (TPSA) is 24.1 Å². The van der Waals surface area contributed by atoms with Gasteiger partial charge in [0.05, 0.1) is 4.34 Å². The fourth-order valence-corrected chi connectivity index (χ4v) is 3.65. The molecule has 0 bridgehead atoms. The van der Waals surface area contributed by atoms with Crippen molar-refractivity contribution in [1.82, 2.24) is 10.6 Å². The highest BCUT2D eigenvalue weighted by Gasteiger charge is 2.15. The highest BCUT2D eigenvalue weighted by atomic mass is 35.5. The van der Waals surface area contributed by atoms with Crippen LogP contribution in [0.3, 0.4) is 0 Å². The molecule has 2 nitrogen and oxygen atoms in total. The van der Waals surface area contributed by atoms with Crippen LogP contribution in [-0.4, -0.2) is 25.2 Å². The minimum absolute atomic E-state index is 0.594. The average Bonchev–Trinajstić information content (AvgIpc) is 2.76. The molecule has 1 fully saturated rings. The van der Waals surface area contributed by atoms with Gasteiger partial charge in [0.15, 0.2) is 0 Å². The zero-order chi connectivity index (χ0) is 12.8. The molecule has 1 saturated heterocycles. The Balaban J connectivity index is 1.60. The first-order chi connectivity index (χ1) is 8.74. The van der Waals surface area contributed by atoms with E-state index in [0.29, 0.717) is 6.04 Å². The average molecular weight is 287 g/mol. The maximum atomic E-state index is 5.92. The van der Waals surface area contributed by atoms with Crippen molar-refractivity contribution in [2.45, 2.75) is 51.1 Å². The molecule has 0 aliphatic carbocycles. The molecule has 1 aliphatic rings. The molecule has 18 heavy (non-hydrogen) atoms. The summed E-state index contributed by atoms with van der Waals surface area (Å²) in [4.78, 5) is 1.37. The van der Waals surface area contributed by atoms with Crippen molar-refractivity contribution in [2.24, 2.45) is 0 Å². The first kappa shape index (κ1) is 14.3. The Morgan fingerprint density at radius 1 is 1.50 bits per heavy atom. The van der Waals surface area contributed by atoms with Gasteiger partial charge in [-0.05, 0) is 51.3 Å². The number of rotatable bonds is 6. The van der Waals surface area contributed by atoms with Crippen molar-refractivity contribution in [3.63, 3.8) is 0 Å². The van der Waals surface area contributed by atoms with E-state index in [1.807, 2.05) is 6.07 Å². The Morgan fingerprint density at radius 2 is 2.39 bits per heavy atom. The van der Waals surface area contributed by atoms with Gasteiger partial charge in [0.25, 0.3) is 0 Å². The molecule has 0 spiro atoms. The predicted molar refractivity (Wildman–Crippen MR) is 80.8 cm³/mol. The van der Waals surface area contributed by atoms with Gasteiger partial charge < -0.3 is 10.6 Å². The van der Waals surface area contributed by atoms with E-state index in [4.69, 9.17) is 11.6 Å². The molecule has 1 aromatic heterocycles. The fraction of sp³-hybridized carbons (Fsp3) is 0.714. The number of hydrogen-bond donors (Lipinski definition) is 2. The second-order valence-corrected chi connectivity index (χ2v) is 6.99. The van der Waals surface area contributed by atoms with E-state index >= 15 is 0 Å². The lowest BCUT2D eigenvalue weighted by atomic mass is 9.99. The Hall–Kier alpha value is -0.0900. The molecule has 1 aromatic rings. The van der Waals surface area contributed by atoms with Crippen LogP contribution < -0.4 is 10.6 Å². The normalized spacial score (nSPS) is 22.0. The molecule has 1 aliphatic heterocycles. The summed E-state index contributed by atoms with van der Waals surface area (Å²) in [7, 11) is 0. The SMILES string of the molecule is CC(CC1CCCCN1)NCCc1ccc(Cl)s1. The van der Waals surface area contributed by atoms with E-state index in [2.05, 4.69) is 23.6 Å². The van der Waals surface area contributed by atoms with Crippen LogP contribution in [0.4, 0.5) is 0 Å². The van der Waals surface area contributed by atoms with Crippen molar-refractivity contribution in [1.29, 1.82) is 0 Å². The van der Waals surface area contributed by atoms with Crippen LogP contribution in [0, 0.1) is 0 Å². The van der Waals surface area contributed by atoms with Gasteiger partial charge in [-0.15, -0.1) is 11.3 Å². The molecule has 2 unspecified atom stereocenters. The van der Waals surface area contributed by atoms with E-state index in [1.54, 1.807) is 11.3 Å². The Morgan fingerprint density at radius 3 is 3.06 bits per heavy atom. The molecule has 0 radical (unpaired) electrons. The van der Waals surface area contributed by atoms with Crippen molar-refractivity contribution < 1.29 is 0 Å². The molecule has 2 N–H and O–H groups in total. The van der Waals surface area contributed by atoms with Gasteiger partial charge in [-0.3, -0.25) is 0 Å². The lowest BCUT2D eigenvalue weighted by Gasteiger charge is -2.26. The van der Waals surface area contributed by atoms with E-state index in [1.165, 1.54) is 37.1 Å². The van der Waals surface area contributed by atoms with Crippen LogP contribution in [0.15, 0.2) is 12.1 Å². The molecular formula is C14H23ClN2S. The number of halogens is 1. The molecule has 102 valence electrons. The third kappa shape index (κ3) is 4.88. The van der Waals surface area contributed by atoms with Gasteiger partial charge in [-0.2, -0.15) is 0 Å². The number of piperidine rings is 1. The standard InChI is InChI=1S/C14H23ClN2S/c1-11(10-12-4-2-3-8-17-12)16-9-7-13-5-6-14(15)18-13/h5-6,11-12,16-17H,2-4,7-10H2,1H3. The van der Waals surface area contributed by atoms with Crippen molar-refractivity contribution in [3.8, 4) is 0 Å². The first-order valence-electron chi connectivity index (χ1n) is 6.95. The van der Waals surface area contributed by atoms with Crippen LogP contribution in [-0.2, 0) is 6.42 Å². The molecule has 2 atom stereocenters. The lowest BCUT2D eigenvalue weighted by Crippen LogP contribution is -2.40. The maximum absolute atomic E-state index is 5.92.